The number of aliphatic hydroxyl groups excluding tert-OH is 1. The van der Waals surface area contributed by atoms with Crippen molar-refractivity contribution in [2.75, 3.05) is 17.6 Å². The number of halogens is 6. The lowest BCUT2D eigenvalue weighted by molar-refractivity contribution is -0.154. The molecule has 0 radical (unpaired) electrons. The molecule has 0 unspecified atom stereocenters. The van der Waals surface area contributed by atoms with Crippen molar-refractivity contribution in [2.24, 2.45) is 0 Å². The summed E-state index contributed by atoms with van der Waals surface area (Å²) < 4.78 is 114. The maximum Gasteiger partial charge on any atom is 0.438 e. The average molecular weight is 572 g/mol. The predicted octanol–water partition coefficient (Wildman–Crippen LogP) is 3.87. The van der Waals surface area contributed by atoms with E-state index in [-0.39, 0.29) is 11.3 Å². The molecule has 0 aliphatic heterocycles. The molecule has 1 saturated carbocycles. The van der Waals surface area contributed by atoms with E-state index in [0.29, 0.717) is 25.7 Å². The Kier molecular flexibility index (Phi) is 8.60. The fourth-order valence-corrected chi connectivity index (χ4v) is 4.12. The molecule has 3 rings (SSSR count). The number of ether oxygens (including phenoxy) is 2. The average Bonchev–Trinajstić information content (AvgIpc) is 2.77. The summed E-state index contributed by atoms with van der Waals surface area (Å²) in [4.78, 5) is 19.1. The molecule has 1 aliphatic carbocycles. The van der Waals surface area contributed by atoms with Gasteiger partial charge < -0.3 is 19.9 Å². The smallest absolute Gasteiger partial charge is 0.438 e. The van der Waals surface area contributed by atoms with Crippen LogP contribution in [0.3, 0.4) is 0 Å². The second-order valence-corrected chi connectivity index (χ2v) is 10.1. The number of nitrogens with one attached hydrogen (secondary N) is 2. The van der Waals surface area contributed by atoms with E-state index in [9.17, 15) is 44.7 Å². The van der Waals surface area contributed by atoms with Crippen LogP contribution < -0.4 is 19.5 Å². The molecule has 1 fully saturated rings. The number of anilines is 1. The number of benzene rings is 1. The third kappa shape index (κ3) is 8.34. The molecule has 2 atom stereocenters. The van der Waals surface area contributed by atoms with E-state index in [1.807, 2.05) is 0 Å². The third-order valence-corrected chi connectivity index (χ3v) is 5.76. The van der Waals surface area contributed by atoms with Gasteiger partial charge in [0.2, 0.25) is 21.6 Å². The molecular formula is C21H22F6N4O6S. The molecule has 38 heavy (non-hydrogen) atoms. The second kappa shape index (κ2) is 11.2. The zero-order chi connectivity index (χ0) is 28.3. The Balaban J connectivity index is 2.02. The molecule has 3 N–H and O–H groups in total. The number of aliphatic hydroxyl groups is 1. The van der Waals surface area contributed by atoms with Gasteiger partial charge in [0.1, 0.15) is 5.69 Å². The van der Waals surface area contributed by atoms with Gasteiger partial charge in [0.25, 0.3) is 5.88 Å². The van der Waals surface area contributed by atoms with Crippen molar-refractivity contribution in [3.63, 3.8) is 0 Å². The molecule has 0 bridgehead atoms. The van der Waals surface area contributed by atoms with Crippen molar-refractivity contribution in [3.05, 3.63) is 30.0 Å². The van der Waals surface area contributed by atoms with Crippen LogP contribution in [0.2, 0.25) is 0 Å². The van der Waals surface area contributed by atoms with Gasteiger partial charge >= 0.3 is 18.4 Å². The van der Waals surface area contributed by atoms with Crippen LogP contribution in [0.5, 0.6) is 11.8 Å². The Labute approximate surface area is 212 Å². The Bertz CT molecular complexity index is 1250. The second-order valence-electron chi connectivity index (χ2n) is 8.38. The van der Waals surface area contributed by atoms with Gasteiger partial charge in [-0.3, -0.25) is 4.72 Å². The number of carbonyl (C=O) groups is 1. The lowest BCUT2D eigenvalue weighted by atomic mass is 9.93. The van der Waals surface area contributed by atoms with E-state index in [1.54, 1.807) is 0 Å². The number of hydrogen-bond donors (Lipinski definition) is 3. The number of amides is 1. The first-order valence-electron chi connectivity index (χ1n) is 11.0. The highest BCUT2D eigenvalue weighted by Gasteiger charge is 2.41. The number of aromatic nitrogens is 2. The molecule has 210 valence electrons. The largest absolute Gasteiger partial charge is 0.466 e. The number of carbonyl (C=O) groups excluding carboxylic acids is 1. The third-order valence-electron chi connectivity index (χ3n) is 5.16. The first-order chi connectivity index (χ1) is 17.5. The SMILES string of the molecule is CS(=O)(=O)Nc1ccc(-c2nc(OC(=O)N[C@@H]3CCCC[C@H]3O)c(C(F)(F)F)nc2OCC(F)(F)F)cc1. The summed E-state index contributed by atoms with van der Waals surface area (Å²) in [5.74, 6) is -2.53. The molecule has 1 aromatic carbocycles. The van der Waals surface area contributed by atoms with Gasteiger partial charge in [-0.1, -0.05) is 25.0 Å². The molecule has 1 aliphatic rings. The summed E-state index contributed by atoms with van der Waals surface area (Å²) in [7, 11) is -3.68. The van der Waals surface area contributed by atoms with Gasteiger partial charge in [-0.05, 0) is 25.0 Å². The Morgan fingerprint density at radius 3 is 2.24 bits per heavy atom. The molecule has 17 heteroatoms. The molecule has 1 aromatic heterocycles. The minimum absolute atomic E-state index is 0.0378. The van der Waals surface area contributed by atoms with E-state index in [0.717, 1.165) is 18.4 Å². The molecule has 1 heterocycles. The number of nitrogens with zero attached hydrogens (tertiary/aromatic N) is 2. The highest BCUT2D eigenvalue weighted by Crippen LogP contribution is 2.39. The molecule has 2 aromatic rings. The molecule has 10 nitrogen and oxygen atoms in total. The van der Waals surface area contributed by atoms with Crippen molar-refractivity contribution in [3.8, 4) is 23.0 Å². The van der Waals surface area contributed by atoms with Crippen LogP contribution in [0.4, 0.5) is 36.8 Å². The minimum atomic E-state index is -5.31. The monoisotopic (exact) mass is 572 g/mol. The lowest BCUT2D eigenvalue weighted by Gasteiger charge is -2.27. The minimum Gasteiger partial charge on any atom is -0.466 e. The van der Waals surface area contributed by atoms with E-state index < -0.39 is 70.4 Å². The quantitative estimate of drug-likeness (QED) is 0.425. The Morgan fingerprint density at radius 1 is 1.05 bits per heavy atom. The standard InChI is InChI=1S/C21H22F6N4O6S/c1-38(34,35)31-12-8-6-11(7-9-12)15-17(36-10-20(22,23)24)30-16(21(25,26)27)18(29-15)37-19(33)28-13-4-2-3-5-14(13)32/h6-9,13-14,31-32H,2-5,10H2,1H3,(H,28,33)/t13-,14-/m1/s1. The van der Waals surface area contributed by atoms with E-state index in [1.165, 1.54) is 12.1 Å². The zero-order valence-corrected chi connectivity index (χ0v) is 20.4. The number of hydrogen-bond acceptors (Lipinski definition) is 8. The Morgan fingerprint density at radius 2 is 1.68 bits per heavy atom. The summed E-state index contributed by atoms with van der Waals surface area (Å²) >= 11 is 0. The normalized spacial score (nSPS) is 18.5. The fraction of sp³-hybridized carbons (Fsp3) is 0.476. The summed E-state index contributed by atoms with van der Waals surface area (Å²) in [6, 6.07) is 3.81. The summed E-state index contributed by atoms with van der Waals surface area (Å²) in [6.07, 6.45) is -9.67. The topological polar surface area (TPSA) is 140 Å². The van der Waals surface area contributed by atoms with Gasteiger partial charge in [0.15, 0.2) is 6.61 Å². The predicted molar refractivity (Wildman–Crippen MR) is 120 cm³/mol. The van der Waals surface area contributed by atoms with Gasteiger partial charge in [-0.2, -0.15) is 26.3 Å². The van der Waals surface area contributed by atoms with Crippen molar-refractivity contribution in [2.45, 2.75) is 50.2 Å². The lowest BCUT2D eigenvalue weighted by Crippen LogP contribution is -2.46. The highest BCUT2D eigenvalue weighted by atomic mass is 32.2. The highest BCUT2D eigenvalue weighted by molar-refractivity contribution is 7.92. The molecule has 0 saturated heterocycles. The van der Waals surface area contributed by atoms with E-state index >= 15 is 0 Å². The zero-order valence-electron chi connectivity index (χ0n) is 19.6. The van der Waals surface area contributed by atoms with Crippen LogP contribution in [0.15, 0.2) is 24.3 Å². The van der Waals surface area contributed by atoms with Crippen LogP contribution in [-0.4, -0.2) is 60.8 Å². The van der Waals surface area contributed by atoms with Crippen LogP contribution in [0.25, 0.3) is 11.3 Å². The first-order valence-corrected chi connectivity index (χ1v) is 12.8. The first kappa shape index (κ1) is 29.2. The summed E-state index contributed by atoms with van der Waals surface area (Å²) in [5.41, 5.74) is -2.66. The van der Waals surface area contributed by atoms with Gasteiger partial charge in [0, 0.05) is 11.3 Å². The molecule has 0 spiro atoms. The molecule has 1 amide bonds. The van der Waals surface area contributed by atoms with Crippen molar-refractivity contribution in [1.82, 2.24) is 15.3 Å². The van der Waals surface area contributed by atoms with E-state index in [2.05, 4.69) is 24.7 Å². The maximum absolute atomic E-state index is 13.7. The maximum atomic E-state index is 13.7. The van der Waals surface area contributed by atoms with Crippen LogP contribution in [0, 0.1) is 0 Å². The van der Waals surface area contributed by atoms with Crippen LogP contribution in [0.1, 0.15) is 31.4 Å². The summed E-state index contributed by atoms with van der Waals surface area (Å²) in [6.45, 7) is -2.00. The van der Waals surface area contributed by atoms with Crippen LogP contribution in [-0.2, 0) is 16.2 Å². The fourth-order valence-electron chi connectivity index (χ4n) is 3.56. The molecular weight excluding hydrogens is 550 g/mol. The number of sulfonamides is 1. The van der Waals surface area contributed by atoms with E-state index in [4.69, 9.17) is 4.74 Å². The Hall–Kier alpha value is -3.34. The summed E-state index contributed by atoms with van der Waals surface area (Å²) in [5, 5.41) is 12.2. The van der Waals surface area contributed by atoms with Crippen molar-refractivity contribution < 1.29 is 54.1 Å². The van der Waals surface area contributed by atoms with Crippen LogP contribution >= 0.6 is 0 Å². The number of alkyl halides is 6. The van der Waals surface area contributed by atoms with Gasteiger partial charge in [-0.25, -0.2) is 23.2 Å². The van der Waals surface area contributed by atoms with Crippen molar-refractivity contribution >= 4 is 21.8 Å². The van der Waals surface area contributed by atoms with Gasteiger partial charge in [0.05, 0.1) is 18.4 Å². The number of rotatable bonds is 7. The van der Waals surface area contributed by atoms with Gasteiger partial charge in [-0.15, -0.1) is 0 Å². The van der Waals surface area contributed by atoms with Crippen molar-refractivity contribution in [1.29, 1.82) is 0 Å².